The third-order valence-corrected chi connectivity index (χ3v) is 4.05. The van der Waals surface area contributed by atoms with Crippen molar-refractivity contribution in [1.29, 1.82) is 0 Å². The maximum Gasteiger partial charge on any atom is 0.287 e. The summed E-state index contributed by atoms with van der Waals surface area (Å²) in [5.74, 6) is -0.632. The number of carbonyl (C=O) groups is 2. The molecule has 2 amide bonds. The van der Waals surface area contributed by atoms with E-state index in [1.54, 1.807) is 29.2 Å². The van der Waals surface area contributed by atoms with E-state index in [1.807, 2.05) is 0 Å². The molecule has 1 aliphatic heterocycles. The summed E-state index contributed by atoms with van der Waals surface area (Å²) in [6.07, 6.45) is 2.00. The molecule has 1 aromatic heterocycles. The number of aromatic nitrogens is 2. The first-order chi connectivity index (χ1) is 11.1. The predicted octanol–water partition coefficient (Wildman–Crippen LogP) is 0.286. The maximum absolute atomic E-state index is 12.3. The maximum atomic E-state index is 12.3. The average molecular weight is 314 g/mol. The molecule has 0 radical (unpaired) electrons. The lowest BCUT2D eigenvalue weighted by Crippen LogP contribution is -2.40. The Morgan fingerprint density at radius 2 is 1.91 bits per heavy atom. The van der Waals surface area contributed by atoms with E-state index < -0.39 is 5.91 Å². The minimum absolute atomic E-state index is 0.00271. The molecule has 1 N–H and O–H groups in total. The van der Waals surface area contributed by atoms with E-state index >= 15 is 0 Å². The smallest absolute Gasteiger partial charge is 0.287 e. The van der Waals surface area contributed by atoms with Crippen molar-refractivity contribution in [2.24, 2.45) is 7.05 Å². The molecular weight excluding hydrogens is 296 g/mol. The van der Waals surface area contributed by atoms with Crippen LogP contribution in [0.5, 0.6) is 0 Å². The fraction of sp³-hybridized carbons (Fsp3) is 0.375. The van der Waals surface area contributed by atoms with Gasteiger partial charge in [-0.05, 0) is 25.0 Å². The number of nitrogens with one attached hydrogen (secondary N) is 1. The van der Waals surface area contributed by atoms with Gasteiger partial charge in [-0.25, -0.2) is 4.98 Å². The third-order valence-electron chi connectivity index (χ3n) is 4.05. The van der Waals surface area contributed by atoms with Crippen LogP contribution in [-0.4, -0.2) is 45.9 Å². The number of hydrogen-bond acceptors (Lipinski definition) is 4. The van der Waals surface area contributed by atoms with Crippen molar-refractivity contribution in [2.75, 3.05) is 19.6 Å². The van der Waals surface area contributed by atoms with Crippen molar-refractivity contribution in [3.8, 4) is 0 Å². The summed E-state index contributed by atoms with van der Waals surface area (Å²) in [6.45, 7) is 1.39. The van der Waals surface area contributed by atoms with Crippen LogP contribution >= 0.6 is 0 Å². The largest absolute Gasteiger partial charge is 0.341 e. The quantitative estimate of drug-likeness (QED) is 0.882. The number of para-hydroxylation sites is 1. The van der Waals surface area contributed by atoms with Gasteiger partial charge in [0, 0.05) is 20.1 Å². The molecule has 1 saturated heterocycles. The molecule has 1 fully saturated rings. The SMILES string of the molecule is Cn1c(C(=O)NCC(=O)N2CCCC2)nc2ccccc2c1=O. The lowest BCUT2D eigenvalue weighted by molar-refractivity contribution is -0.129. The van der Waals surface area contributed by atoms with E-state index in [0.29, 0.717) is 10.9 Å². The van der Waals surface area contributed by atoms with Crippen molar-refractivity contribution in [3.05, 3.63) is 40.4 Å². The van der Waals surface area contributed by atoms with Gasteiger partial charge in [-0.2, -0.15) is 0 Å². The van der Waals surface area contributed by atoms with Crippen molar-refractivity contribution < 1.29 is 9.59 Å². The molecule has 0 saturated carbocycles. The Hall–Kier alpha value is -2.70. The lowest BCUT2D eigenvalue weighted by atomic mass is 10.2. The molecule has 2 heterocycles. The normalized spacial score (nSPS) is 14.2. The number of likely N-dealkylation sites (tertiary alicyclic amines) is 1. The third kappa shape index (κ3) is 2.94. The van der Waals surface area contributed by atoms with Gasteiger partial charge in [-0.3, -0.25) is 19.0 Å². The van der Waals surface area contributed by atoms with Gasteiger partial charge < -0.3 is 10.2 Å². The molecule has 2 aromatic rings. The number of nitrogens with zero attached hydrogens (tertiary/aromatic N) is 3. The van der Waals surface area contributed by atoms with Crippen molar-refractivity contribution in [2.45, 2.75) is 12.8 Å². The van der Waals surface area contributed by atoms with E-state index in [4.69, 9.17) is 0 Å². The zero-order chi connectivity index (χ0) is 16.4. The van der Waals surface area contributed by atoms with Crippen molar-refractivity contribution >= 4 is 22.7 Å². The molecule has 0 unspecified atom stereocenters. The van der Waals surface area contributed by atoms with Crippen LogP contribution < -0.4 is 10.9 Å². The van der Waals surface area contributed by atoms with Crippen molar-refractivity contribution in [3.63, 3.8) is 0 Å². The zero-order valence-electron chi connectivity index (χ0n) is 12.9. The fourth-order valence-corrected chi connectivity index (χ4v) is 2.73. The summed E-state index contributed by atoms with van der Waals surface area (Å²) in [7, 11) is 1.50. The van der Waals surface area contributed by atoms with Gasteiger partial charge in [-0.15, -0.1) is 0 Å². The minimum Gasteiger partial charge on any atom is -0.341 e. The summed E-state index contributed by atoms with van der Waals surface area (Å²) in [5.41, 5.74) is 0.179. The fourth-order valence-electron chi connectivity index (χ4n) is 2.73. The number of amides is 2. The summed E-state index contributed by atoms with van der Waals surface area (Å²) in [6, 6.07) is 6.86. The highest BCUT2D eigenvalue weighted by molar-refractivity contribution is 5.95. The van der Waals surface area contributed by atoms with E-state index in [2.05, 4.69) is 10.3 Å². The Labute approximate surface area is 132 Å². The van der Waals surface area contributed by atoms with Crippen LogP contribution in [0.2, 0.25) is 0 Å². The van der Waals surface area contributed by atoms with Crippen molar-refractivity contribution in [1.82, 2.24) is 19.8 Å². The zero-order valence-corrected chi connectivity index (χ0v) is 12.9. The first-order valence-corrected chi connectivity index (χ1v) is 7.59. The summed E-state index contributed by atoms with van der Waals surface area (Å²) < 4.78 is 1.21. The van der Waals surface area contributed by atoms with Crippen LogP contribution in [0.1, 0.15) is 23.5 Å². The van der Waals surface area contributed by atoms with Crippen LogP contribution in [0.4, 0.5) is 0 Å². The van der Waals surface area contributed by atoms with Gasteiger partial charge in [0.25, 0.3) is 11.5 Å². The van der Waals surface area contributed by atoms with E-state index in [1.165, 1.54) is 11.6 Å². The second-order valence-electron chi connectivity index (χ2n) is 5.59. The van der Waals surface area contributed by atoms with Crippen LogP contribution in [0.15, 0.2) is 29.1 Å². The summed E-state index contributed by atoms with van der Waals surface area (Å²) in [5, 5.41) is 3.01. The Morgan fingerprint density at radius 3 is 2.65 bits per heavy atom. The predicted molar refractivity (Wildman–Crippen MR) is 85.1 cm³/mol. The Bertz CT molecular complexity index is 822. The van der Waals surface area contributed by atoms with Gasteiger partial charge in [0.05, 0.1) is 17.4 Å². The monoisotopic (exact) mass is 314 g/mol. The summed E-state index contributed by atoms with van der Waals surface area (Å²) in [4.78, 5) is 42.5. The van der Waals surface area contributed by atoms with E-state index in [9.17, 15) is 14.4 Å². The number of carbonyl (C=O) groups excluding carboxylic acids is 2. The molecule has 0 bridgehead atoms. The topological polar surface area (TPSA) is 84.3 Å². The molecule has 7 nitrogen and oxygen atoms in total. The molecule has 0 atom stereocenters. The first-order valence-electron chi connectivity index (χ1n) is 7.59. The molecule has 0 aliphatic carbocycles. The van der Waals surface area contributed by atoms with Crippen LogP contribution in [-0.2, 0) is 11.8 Å². The highest BCUT2D eigenvalue weighted by atomic mass is 16.2. The van der Waals surface area contributed by atoms with E-state index in [-0.39, 0.29) is 23.8 Å². The molecular formula is C16H18N4O3. The molecule has 7 heteroatoms. The second kappa shape index (κ2) is 6.20. The van der Waals surface area contributed by atoms with Crippen LogP contribution in [0.25, 0.3) is 10.9 Å². The van der Waals surface area contributed by atoms with Gasteiger partial charge in [0.2, 0.25) is 11.7 Å². The Morgan fingerprint density at radius 1 is 1.22 bits per heavy atom. The van der Waals surface area contributed by atoms with Gasteiger partial charge in [0.1, 0.15) is 0 Å². The van der Waals surface area contributed by atoms with Crippen LogP contribution in [0.3, 0.4) is 0 Å². The molecule has 120 valence electrons. The highest BCUT2D eigenvalue weighted by Gasteiger charge is 2.20. The van der Waals surface area contributed by atoms with Gasteiger partial charge >= 0.3 is 0 Å². The molecule has 0 spiro atoms. The highest BCUT2D eigenvalue weighted by Crippen LogP contribution is 2.08. The number of rotatable bonds is 3. The average Bonchev–Trinajstić information content (AvgIpc) is 3.10. The standard InChI is InChI=1S/C16H18N4O3/c1-19-14(18-12-7-3-2-6-11(12)16(19)23)15(22)17-10-13(21)20-8-4-5-9-20/h2-3,6-7H,4-5,8-10H2,1H3,(H,17,22). The molecule has 23 heavy (non-hydrogen) atoms. The van der Waals surface area contributed by atoms with Gasteiger partial charge in [0.15, 0.2) is 0 Å². The minimum atomic E-state index is -0.525. The molecule has 1 aromatic carbocycles. The number of benzene rings is 1. The summed E-state index contributed by atoms with van der Waals surface area (Å²) >= 11 is 0. The van der Waals surface area contributed by atoms with E-state index in [0.717, 1.165) is 25.9 Å². The number of hydrogen-bond donors (Lipinski definition) is 1. The number of fused-ring (bicyclic) bond motifs is 1. The first kappa shape index (κ1) is 15.2. The second-order valence-corrected chi connectivity index (χ2v) is 5.59. The molecule has 1 aliphatic rings. The van der Waals surface area contributed by atoms with Crippen LogP contribution in [0, 0.1) is 0 Å². The Balaban J connectivity index is 1.79. The Kier molecular flexibility index (Phi) is 4.10. The van der Waals surface area contributed by atoms with Gasteiger partial charge in [-0.1, -0.05) is 12.1 Å². The molecule has 3 rings (SSSR count). The lowest BCUT2D eigenvalue weighted by Gasteiger charge is -2.15.